The third-order valence-electron chi connectivity index (χ3n) is 13.0. The van der Waals surface area contributed by atoms with Gasteiger partial charge in [-0.15, -0.1) is 0 Å². The van der Waals surface area contributed by atoms with Crippen LogP contribution in [0.3, 0.4) is 0 Å². The average Bonchev–Trinajstić information content (AvgIpc) is 3.97. The molecule has 0 saturated carbocycles. The van der Waals surface area contributed by atoms with Crippen LogP contribution in [0.1, 0.15) is 0 Å². The van der Waals surface area contributed by atoms with E-state index in [-0.39, 0.29) is 0 Å². The number of hydrogen-bond acceptors (Lipinski definition) is 4. The minimum absolute atomic E-state index is 0.594. The number of benzene rings is 10. The zero-order chi connectivity index (χ0) is 45.0. The molecule has 0 aliphatic rings. The van der Waals surface area contributed by atoms with Gasteiger partial charge in [-0.25, -0.2) is 15.0 Å². The molecule has 0 bridgehead atoms. The molecule has 0 fully saturated rings. The summed E-state index contributed by atoms with van der Waals surface area (Å²) in [5.41, 5.74) is 17.1. The highest BCUT2D eigenvalue weighted by Crippen LogP contribution is 2.41. The number of furan rings is 1. The van der Waals surface area contributed by atoms with Crippen LogP contribution in [0.2, 0.25) is 0 Å². The van der Waals surface area contributed by atoms with E-state index in [1.54, 1.807) is 0 Å². The Kier molecular flexibility index (Phi) is 9.43. The first kappa shape index (κ1) is 39.2. The summed E-state index contributed by atoms with van der Waals surface area (Å²) in [5, 5.41) is 4.36. The summed E-state index contributed by atoms with van der Waals surface area (Å²) in [7, 11) is 0. The van der Waals surface area contributed by atoms with E-state index in [1.807, 2.05) is 72.8 Å². The Hall–Kier alpha value is -9.19. The number of para-hydroxylation sites is 1. The van der Waals surface area contributed by atoms with Crippen molar-refractivity contribution in [1.82, 2.24) is 19.5 Å². The number of fused-ring (bicyclic) bond motifs is 6. The molecule has 0 aliphatic heterocycles. The van der Waals surface area contributed by atoms with Crippen LogP contribution in [0.15, 0.2) is 247 Å². The lowest BCUT2D eigenvalue weighted by molar-refractivity contribution is 0.669. The van der Waals surface area contributed by atoms with Crippen molar-refractivity contribution in [3.8, 4) is 84.4 Å². The number of hydrogen-bond donors (Lipinski definition) is 0. The fourth-order valence-corrected chi connectivity index (χ4v) is 9.74. The van der Waals surface area contributed by atoms with Gasteiger partial charge in [0.15, 0.2) is 17.5 Å². The Morgan fingerprint density at radius 2 is 0.750 bits per heavy atom. The van der Waals surface area contributed by atoms with Gasteiger partial charge in [-0.05, 0) is 111 Å². The van der Waals surface area contributed by atoms with Crippen LogP contribution in [0.5, 0.6) is 0 Å². The second-order valence-corrected chi connectivity index (χ2v) is 17.2. The van der Waals surface area contributed by atoms with Gasteiger partial charge in [0.05, 0.1) is 11.0 Å². The summed E-state index contributed by atoms with van der Waals surface area (Å²) in [4.78, 5) is 15.1. The molecule has 0 amide bonds. The fraction of sp³-hybridized carbons (Fsp3) is 0. The molecule has 68 heavy (non-hydrogen) atoms. The van der Waals surface area contributed by atoms with Gasteiger partial charge in [-0.2, -0.15) is 0 Å². The molecule has 0 atom stereocenters. The van der Waals surface area contributed by atoms with Crippen LogP contribution in [0, 0.1) is 0 Å². The molecular formula is C63H40N4O. The van der Waals surface area contributed by atoms with E-state index in [1.165, 1.54) is 44.2 Å². The second kappa shape index (κ2) is 16.4. The predicted molar refractivity (Wildman–Crippen MR) is 279 cm³/mol. The molecule has 5 heteroatoms. The van der Waals surface area contributed by atoms with Crippen molar-refractivity contribution in [3.63, 3.8) is 0 Å². The van der Waals surface area contributed by atoms with Crippen LogP contribution in [0.4, 0.5) is 0 Å². The van der Waals surface area contributed by atoms with Crippen molar-refractivity contribution in [2.75, 3.05) is 0 Å². The molecule has 3 heterocycles. The topological polar surface area (TPSA) is 56.7 Å². The summed E-state index contributed by atoms with van der Waals surface area (Å²) < 4.78 is 8.91. The zero-order valence-corrected chi connectivity index (χ0v) is 36.8. The molecule has 10 aromatic carbocycles. The maximum Gasteiger partial charge on any atom is 0.164 e. The Labute approximate surface area is 392 Å². The van der Waals surface area contributed by atoms with Crippen LogP contribution >= 0.6 is 0 Å². The van der Waals surface area contributed by atoms with E-state index in [4.69, 9.17) is 19.4 Å². The smallest absolute Gasteiger partial charge is 0.164 e. The van der Waals surface area contributed by atoms with Crippen molar-refractivity contribution in [2.24, 2.45) is 0 Å². The van der Waals surface area contributed by atoms with E-state index < -0.39 is 0 Å². The highest BCUT2D eigenvalue weighted by Gasteiger charge is 2.20. The molecule has 0 N–H and O–H groups in total. The molecule has 0 aliphatic carbocycles. The Morgan fingerprint density at radius 3 is 1.35 bits per heavy atom. The first-order valence-corrected chi connectivity index (χ1v) is 22.9. The summed E-state index contributed by atoms with van der Waals surface area (Å²) >= 11 is 0. The number of aromatic nitrogens is 4. The van der Waals surface area contributed by atoms with E-state index >= 15 is 0 Å². The van der Waals surface area contributed by atoms with Crippen LogP contribution in [0.25, 0.3) is 128 Å². The molecule has 5 nitrogen and oxygen atoms in total. The van der Waals surface area contributed by atoms with Gasteiger partial charge in [0.2, 0.25) is 0 Å². The fourth-order valence-electron chi connectivity index (χ4n) is 9.74. The predicted octanol–water partition coefficient (Wildman–Crippen LogP) is 16.5. The monoisotopic (exact) mass is 868 g/mol. The van der Waals surface area contributed by atoms with Gasteiger partial charge >= 0.3 is 0 Å². The van der Waals surface area contributed by atoms with Crippen molar-refractivity contribution in [3.05, 3.63) is 243 Å². The molecule has 0 unspecified atom stereocenters. The summed E-state index contributed by atoms with van der Waals surface area (Å²) in [6.45, 7) is 0. The summed E-state index contributed by atoms with van der Waals surface area (Å²) in [5.74, 6) is 1.83. The van der Waals surface area contributed by atoms with Crippen molar-refractivity contribution in [1.29, 1.82) is 0 Å². The van der Waals surface area contributed by atoms with Crippen molar-refractivity contribution in [2.45, 2.75) is 0 Å². The molecule has 0 spiro atoms. The minimum atomic E-state index is 0.594. The molecule has 13 aromatic rings. The Bertz CT molecular complexity index is 3880. The standard InChI is InChI=1S/C63H40N4O/c1-5-16-41(17-6-1)48-36-49(42-18-7-2-8-19-42)38-50(37-48)43-28-32-51(33-29-43)67-56-26-14-13-24-52(56)54-39-46(30-34-57(54)67)47-31-35-58-55(40-47)60-53(25-15-27-59(60)68-58)63-65-61(44-20-9-3-10-21-44)64-62(66-63)45-22-11-4-12-23-45/h1-40H. The molecule has 0 saturated heterocycles. The SMILES string of the molecule is c1ccc(-c2cc(-c3ccccc3)cc(-c3ccc(-n4c5ccccc5c5cc(-c6ccc7oc8cccc(-c9nc(-c%10ccccc%10)nc(-c%10ccccc%10)n9)c8c7c6)ccc54)cc3)c2)cc1. The van der Waals surface area contributed by atoms with Gasteiger partial charge in [-0.1, -0.05) is 176 Å². The van der Waals surface area contributed by atoms with Crippen molar-refractivity contribution >= 4 is 43.7 Å². The Balaban J connectivity index is 0.901. The maximum absolute atomic E-state index is 6.53. The highest BCUT2D eigenvalue weighted by molar-refractivity contribution is 6.14. The van der Waals surface area contributed by atoms with Gasteiger partial charge in [0.25, 0.3) is 0 Å². The lowest BCUT2D eigenvalue weighted by Gasteiger charge is -2.13. The molecule has 3 aromatic heterocycles. The summed E-state index contributed by atoms with van der Waals surface area (Å²) in [6.07, 6.45) is 0. The Morgan fingerprint density at radius 1 is 0.279 bits per heavy atom. The van der Waals surface area contributed by atoms with Crippen LogP contribution in [-0.2, 0) is 0 Å². The largest absolute Gasteiger partial charge is 0.456 e. The first-order valence-electron chi connectivity index (χ1n) is 22.9. The first-order chi connectivity index (χ1) is 33.7. The number of rotatable bonds is 8. The van der Waals surface area contributed by atoms with Gasteiger partial charge < -0.3 is 8.98 Å². The molecule has 0 radical (unpaired) electrons. The third-order valence-corrected chi connectivity index (χ3v) is 13.0. The third kappa shape index (κ3) is 6.93. The van der Waals surface area contributed by atoms with E-state index in [2.05, 4.69) is 174 Å². The average molecular weight is 869 g/mol. The van der Waals surface area contributed by atoms with Gasteiger partial charge in [0.1, 0.15) is 11.2 Å². The quantitative estimate of drug-likeness (QED) is 0.153. The highest BCUT2D eigenvalue weighted by atomic mass is 16.3. The normalized spacial score (nSPS) is 11.5. The zero-order valence-electron chi connectivity index (χ0n) is 36.8. The number of nitrogens with zero attached hydrogens (tertiary/aromatic N) is 4. The lowest BCUT2D eigenvalue weighted by Crippen LogP contribution is -2.00. The van der Waals surface area contributed by atoms with Crippen LogP contribution in [-0.4, -0.2) is 19.5 Å². The summed E-state index contributed by atoms with van der Waals surface area (Å²) in [6, 6.07) is 85.5. The minimum Gasteiger partial charge on any atom is -0.456 e. The lowest BCUT2D eigenvalue weighted by atomic mass is 9.93. The van der Waals surface area contributed by atoms with Crippen molar-refractivity contribution < 1.29 is 4.42 Å². The second-order valence-electron chi connectivity index (χ2n) is 17.2. The van der Waals surface area contributed by atoms with Crippen LogP contribution < -0.4 is 0 Å². The van der Waals surface area contributed by atoms with Gasteiger partial charge in [0, 0.05) is 43.9 Å². The molecular weight excluding hydrogens is 829 g/mol. The molecule has 13 rings (SSSR count). The van der Waals surface area contributed by atoms with E-state index in [9.17, 15) is 0 Å². The maximum atomic E-state index is 6.53. The van der Waals surface area contributed by atoms with E-state index in [0.29, 0.717) is 17.5 Å². The van der Waals surface area contributed by atoms with E-state index in [0.717, 1.165) is 66.5 Å². The van der Waals surface area contributed by atoms with Gasteiger partial charge in [-0.3, -0.25) is 0 Å². The molecule has 318 valence electrons.